The molecule has 2 amide bonds. The number of hydrogen-bond acceptors (Lipinski definition) is 4. The molecule has 138 valence electrons. The second kappa shape index (κ2) is 7.55. The molecule has 2 heterocycles. The van der Waals surface area contributed by atoms with Crippen LogP contribution in [0.1, 0.15) is 33.1 Å². The average molecular weight is 357 g/mol. The Labute approximate surface area is 151 Å². The van der Waals surface area contributed by atoms with Crippen molar-refractivity contribution in [2.45, 2.75) is 39.2 Å². The number of hydrogen-bond donors (Lipinski definition) is 2. The summed E-state index contributed by atoms with van der Waals surface area (Å²) in [5.74, 6) is -0.335. The van der Waals surface area contributed by atoms with Gasteiger partial charge in [0, 0.05) is 18.2 Å². The van der Waals surface area contributed by atoms with Gasteiger partial charge in [0.1, 0.15) is 12.4 Å². The Bertz CT molecular complexity index is 854. The highest BCUT2D eigenvalue weighted by Gasteiger charge is 2.33. The Balaban J connectivity index is 1.78. The number of aromatic nitrogens is 3. The first-order valence-corrected chi connectivity index (χ1v) is 8.81. The molecule has 2 aromatic rings. The molecule has 1 saturated heterocycles. The number of anilines is 1. The molecular weight excluding hydrogens is 334 g/mol. The third-order valence-corrected chi connectivity index (χ3v) is 4.53. The van der Waals surface area contributed by atoms with Crippen LogP contribution in [-0.2, 0) is 9.59 Å². The van der Waals surface area contributed by atoms with Gasteiger partial charge in [-0.25, -0.2) is 14.5 Å². The van der Waals surface area contributed by atoms with Crippen molar-refractivity contribution < 1.29 is 9.59 Å². The summed E-state index contributed by atoms with van der Waals surface area (Å²) in [5, 5.41) is 8.91. The minimum atomic E-state index is -0.459. The third kappa shape index (κ3) is 3.68. The van der Waals surface area contributed by atoms with E-state index in [4.69, 9.17) is 0 Å². The summed E-state index contributed by atoms with van der Waals surface area (Å²) in [6, 6.07) is 6.50. The molecule has 8 heteroatoms. The Morgan fingerprint density at radius 2 is 2.12 bits per heavy atom. The Hall–Kier alpha value is -2.90. The van der Waals surface area contributed by atoms with Gasteiger partial charge in [-0.15, -0.1) is 0 Å². The largest absolute Gasteiger partial charge is 0.347 e. The molecule has 2 N–H and O–H groups in total. The Morgan fingerprint density at radius 3 is 2.81 bits per heavy atom. The summed E-state index contributed by atoms with van der Waals surface area (Å²) < 4.78 is 1.35. The molecule has 0 bridgehead atoms. The monoisotopic (exact) mass is 357 g/mol. The van der Waals surface area contributed by atoms with Crippen LogP contribution < -0.4 is 11.0 Å². The number of likely N-dealkylation sites (tertiary alicyclic amines) is 1. The molecule has 0 aliphatic carbocycles. The van der Waals surface area contributed by atoms with Crippen LogP contribution in [0.2, 0.25) is 0 Å². The maximum absolute atomic E-state index is 12.8. The number of carbonyl (C=O) groups is 2. The van der Waals surface area contributed by atoms with E-state index >= 15 is 0 Å². The quantitative estimate of drug-likeness (QED) is 0.867. The molecule has 1 fully saturated rings. The predicted molar refractivity (Wildman–Crippen MR) is 97.0 cm³/mol. The number of benzene rings is 1. The van der Waals surface area contributed by atoms with Gasteiger partial charge in [0.05, 0.1) is 5.69 Å². The molecule has 8 nitrogen and oxygen atoms in total. The highest BCUT2D eigenvalue weighted by atomic mass is 16.2. The van der Waals surface area contributed by atoms with E-state index in [0.29, 0.717) is 24.3 Å². The first kappa shape index (κ1) is 17.9. The maximum Gasteiger partial charge on any atom is 0.347 e. The summed E-state index contributed by atoms with van der Waals surface area (Å²) in [6.07, 6.45) is 3.88. The van der Waals surface area contributed by atoms with Crippen molar-refractivity contribution in [1.29, 1.82) is 0 Å². The first-order chi connectivity index (χ1) is 12.5. The van der Waals surface area contributed by atoms with E-state index in [2.05, 4.69) is 15.5 Å². The van der Waals surface area contributed by atoms with Crippen molar-refractivity contribution >= 4 is 17.5 Å². The minimum Gasteiger partial charge on any atom is -0.330 e. The van der Waals surface area contributed by atoms with Crippen molar-refractivity contribution in [3.63, 3.8) is 0 Å². The van der Waals surface area contributed by atoms with Crippen LogP contribution in [0.25, 0.3) is 5.69 Å². The molecule has 1 aromatic heterocycles. The molecule has 0 radical (unpaired) electrons. The van der Waals surface area contributed by atoms with Crippen LogP contribution in [0.5, 0.6) is 0 Å². The van der Waals surface area contributed by atoms with Crippen molar-refractivity contribution in [3.8, 4) is 5.69 Å². The second-order valence-corrected chi connectivity index (χ2v) is 6.77. The predicted octanol–water partition coefficient (Wildman–Crippen LogP) is 1.54. The zero-order valence-electron chi connectivity index (χ0n) is 14.9. The fraction of sp³-hybridized carbons (Fsp3) is 0.444. The summed E-state index contributed by atoms with van der Waals surface area (Å²) in [7, 11) is 0. The number of carbonyl (C=O) groups excluding carboxylic acids is 2. The van der Waals surface area contributed by atoms with Gasteiger partial charge in [0.25, 0.3) is 0 Å². The minimum absolute atomic E-state index is 0.00329. The molecule has 1 atom stereocenters. The molecule has 26 heavy (non-hydrogen) atoms. The van der Waals surface area contributed by atoms with Gasteiger partial charge in [0.15, 0.2) is 0 Å². The summed E-state index contributed by atoms with van der Waals surface area (Å²) in [5.41, 5.74) is 0.817. The highest BCUT2D eigenvalue weighted by Crippen LogP contribution is 2.21. The van der Waals surface area contributed by atoms with Crippen molar-refractivity contribution in [1.82, 2.24) is 19.7 Å². The Morgan fingerprint density at radius 1 is 1.31 bits per heavy atom. The van der Waals surface area contributed by atoms with Gasteiger partial charge in [-0.05, 0) is 37.5 Å². The van der Waals surface area contributed by atoms with Crippen LogP contribution in [0, 0.1) is 5.92 Å². The molecule has 0 unspecified atom stereocenters. The lowest BCUT2D eigenvalue weighted by Crippen LogP contribution is -2.51. The van der Waals surface area contributed by atoms with E-state index < -0.39 is 6.04 Å². The smallest absolute Gasteiger partial charge is 0.330 e. The lowest BCUT2D eigenvalue weighted by Gasteiger charge is -2.35. The lowest BCUT2D eigenvalue weighted by atomic mass is 9.99. The summed E-state index contributed by atoms with van der Waals surface area (Å²) >= 11 is 0. The van der Waals surface area contributed by atoms with Gasteiger partial charge in [-0.2, -0.15) is 5.10 Å². The molecule has 1 aliphatic rings. The summed E-state index contributed by atoms with van der Waals surface area (Å²) in [6.45, 7) is 4.30. The number of nitrogens with zero attached hydrogens (tertiary/aromatic N) is 3. The fourth-order valence-corrected chi connectivity index (χ4v) is 3.19. The SMILES string of the molecule is CC(C)C(=O)N1CCCC[C@H]1C(=O)Nc1cccc(-n2cn[nH]c2=O)c1. The fourth-order valence-electron chi connectivity index (χ4n) is 3.19. The number of amides is 2. The highest BCUT2D eigenvalue weighted by molar-refractivity contribution is 5.97. The van der Waals surface area contributed by atoms with Crippen LogP contribution in [0.3, 0.4) is 0 Å². The van der Waals surface area contributed by atoms with E-state index in [9.17, 15) is 14.4 Å². The van der Waals surface area contributed by atoms with Crippen molar-refractivity contribution in [3.05, 3.63) is 41.1 Å². The van der Waals surface area contributed by atoms with Crippen molar-refractivity contribution in [2.75, 3.05) is 11.9 Å². The van der Waals surface area contributed by atoms with Crippen LogP contribution in [0.15, 0.2) is 35.4 Å². The molecular formula is C18H23N5O3. The van der Waals surface area contributed by atoms with E-state index in [1.165, 1.54) is 10.9 Å². The third-order valence-electron chi connectivity index (χ3n) is 4.53. The van der Waals surface area contributed by atoms with Gasteiger partial charge in [0.2, 0.25) is 11.8 Å². The maximum atomic E-state index is 12.8. The lowest BCUT2D eigenvalue weighted by molar-refractivity contribution is -0.142. The molecule has 0 saturated carbocycles. The van der Waals surface area contributed by atoms with E-state index in [1.807, 2.05) is 13.8 Å². The second-order valence-electron chi connectivity index (χ2n) is 6.77. The molecule has 1 aliphatic heterocycles. The molecule has 3 rings (SSSR count). The number of H-pyrrole nitrogens is 1. The number of rotatable bonds is 4. The van der Waals surface area contributed by atoms with Crippen LogP contribution in [-0.4, -0.2) is 44.1 Å². The van der Waals surface area contributed by atoms with Gasteiger partial charge >= 0.3 is 5.69 Å². The van der Waals surface area contributed by atoms with Gasteiger partial charge in [-0.1, -0.05) is 19.9 Å². The van der Waals surface area contributed by atoms with Crippen LogP contribution >= 0.6 is 0 Å². The zero-order chi connectivity index (χ0) is 18.7. The van der Waals surface area contributed by atoms with Gasteiger partial charge in [-0.3, -0.25) is 9.59 Å². The number of aromatic amines is 1. The standard InChI is InChI=1S/C18H23N5O3/c1-12(2)17(25)22-9-4-3-8-15(22)16(24)20-13-6-5-7-14(10-13)23-11-19-21-18(23)26/h5-7,10-12,15H,3-4,8-9H2,1-2H3,(H,20,24)(H,21,26)/t15-/m0/s1. The molecule has 1 aromatic carbocycles. The summed E-state index contributed by atoms with van der Waals surface area (Å²) in [4.78, 5) is 38.6. The normalized spacial score (nSPS) is 17.3. The Kier molecular flexibility index (Phi) is 5.20. The zero-order valence-corrected chi connectivity index (χ0v) is 14.9. The van der Waals surface area contributed by atoms with E-state index in [-0.39, 0.29) is 23.4 Å². The molecule has 0 spiro atoms. The first-order valence-electron chi connectivity index (χ1n) is 8.81. The van der Waals surface area contributed by atoms with E-state index in [0.717, 1.165) is 12.8 Å². The van der Waals surface area contributed by atoms with Gasteiger partial charge < -0.3 is 10.2 Å². The average Bonchev–Trinajstić information content (AvgIpc) is 3.07. The van der Waals surface area contributed by atoms with E-state index in [1.54, 1.807) is 29.2 Å². The number of piperidine rings is 1. The van der Waals surface area contributed by atoms with Crippen molar-refractivity contribution in [2.24, 2.45) is 5.92 Å². The topological polar surface area (TPSA) is 100 Å². The van der Waals surface area contributed by atoms with Crippen LogP contribution in [0.4, 0.5) is 5.69 Å². The number of nitrogens with one attached hydrogen (secondary N) is 2.